The molecular weight excluding hydrogens is 274 g/mol. The molecule has 3 aliphatic carbocycles. The first-order valence-electron chi connectivity index (χ1n) is 5.32. The second kappa shape index (κ2) is 4.25. The predicted octanol–water partition coefficient (Wildman–Crippen LogP) is 1.37. The van der Waals surface area contributed by atoms with Gasteiger partial charge < -0.3 is 12.9 Å². The van der Waals surface area contributed by atoms with Crippen LogP contribution in [0.15, 0.2) is 24.3 Å². The summed E-state index contributed by atoms with van der Waals surface area (Å²) >= 11 is 5.86. The second-order valence-electron chi connectivity index (χ2n) is 5.26. The van der Waals surface area contributed by atoms with Crippen LogP contribution in [0.4, 0.5) is 12.9 Å². The van der Waals surface area contributed by atoms with Gasteiger partial charge in [-0.15, -0.1) is 0 Å². The van der Waals surface area contributed by atoms with Gasteiger partial charge >= 0.3 is 58.4 Å². The molecule has 0 aliphatic heterocycles. The van der Waals surface area contributed by atoms with Crippen molar-refractivity contribution in [2.45, 2.75) is 30.0 Å². The van der Waals surface area contributed by atoms with E-state index in [0.717, 1.165) is 5.56 Å². The van der Waals surface area contributed by atoms with Crippen LogP contribution >= 0.6 is 11.6 Å². The molecule has 1 aromatic carbocycles. The summed E-state index contributed by atoms with van der Waals surface area (Å²) in [6, 6.07) is 7.25. The van der Waals surface area contributed by atoms with Crippen LogP contribution in [0.2, 0.25) is 10.3 Å². The van der Waals surface area contributed by atoms with Gasteiger partial charge in [0.2, 0.25) is 0 Å². The molecule has 17 heavy (non-hydrogen) atoms. The fourth-order valence-corrected chi connectivity index (χ4v) is 3.53. The third-order valence-electron chi connectivity index (χ3n) is 4.20. The van der Waals surface area contributed by atoms with Gasteiger partial charge in [-0.3, -0.25) is 0 Å². The Morgan fingerprint density at radius 3 is 2.18 bits per heavy atom. The Morgan fingerprint density at radius 1 is 1.12 bits per heavy atom. The van der Waals surface area contributed by atoms with Crippen LogP contribution in [0.5, 0.6) is 0 Å². The first kappa shape index (κ1) is 14.4. The van der Waals surface area contributed by atoms with E-state index in [1.54, 1.807) is 12.1 Å². The Kier molecular flexibility index (Phi) is 3.60. The van der Waals surface area contributed by atoms with Crippen LogP contribution in [0.25, 0.3) is 0 Å². The summed E-state index contributed by atoms with van der Waals surface area (Å²) < 4.78 is 38.2. The first-order valence-corrected chi connectivity index (χ1v) is 5.70. The summed E-state index contributed by atoms with van der Waals surface area (Å²) in [6.45, 7) is -4.68. The van der Waals surface area contributed by atoms with Crippen molar-refractivity contribution < 1.29 is 64.3 Å². The molecule has 0 radical (unpaired) electrons. The Hall–Kier alpha value is 1.00. The summed E-state index contributed by atoms with van der Waals surface area (Å²) in [5.74, 6) is 0. The van der Waals surface area contributed by atoms with Crippen molar-refractivity contribution in [3.8, 4) is 0 Å². The molecule has 86 valence electrons. The van der Waals surface area contributed by atoms with Gasteiger partial charge in [0.1, 0.15) is 0 Å². The molecule has 0 N–H and O–H groups in total. The minimum atomic E-state index is -4.68. The van der Waals surface area contributed by atoms with E-state index in [9.17, 15) is 12.9 Å². The van der Waals surface area contributed by atoms with Gasteiger partial charge in [0.25, 0.3) is 0 Å². The third kappa shape index (κ3) is 1.98. The summed E-state index contributed by atoms with van der Waals surface area (Å²) in [7, 11) is 0. The monoisotopic (exact) mass is 284 g/mol. The fourth-order valence-electron chi connectivity index (χ4n) is 3.34. The van der Waals surface area contributed by atoms with Gasteiger partial charge in [0, 0.05) is 5.02 Å². The van der Waals surface area contributed by atoms with Crippen molar-refractivity contribution in [3.63, 3.8) is 0 Å². The SMILES string of the molecule is F[B-](F)(F)C12CC(c3cccc(Cl)c3)(C1)C2.[K+]. The zero-order chi connectivity index (χ0) is 11.6. The van der Waals surface area contributed by atoms with E-state index in [1.807, 2.05) is 12.1 Å². The molecule has 1 aromatic rings. The molecule has 6 heteroatoms. The van der Waals surface area contributed by atoms with Gasteiger partial charge in [-0.2, -0.15) is 0 Å². The molecule has 3 aliphatic rings. The maximum absolute atomic E-state index is 12.7. The van der Waals surface area contributed by atoms with Crippen LogP contribution < -0.4 is 51.4 Å². The largest absolute Gasteiger partial charge is 1.00 e. The summed E-state index contributed by atoms with van der Waals surface area (Å²) in [4.78, 5) is 0. The standard InChI is InChI=1S/C11H10BClF3.K/c13-9-3-1-2-8(4-9)10-5-11(6-10,7-10)12(14,15)16;/h1-4H,5-7H2;/q-1;+1. The summed E-state index contributed by atoms with van der Waals surface area (Å²) in [5, 5.41) is -0.712. The van der Waals surface area contributed by atoms with E-state index >= 15 is 0 Å². The van der Waals surface area contributed by atoms with Crippen molar-refractivity contribution in [3.05, 3.63) is 34.9 Å². The molecule has 0 saturated heterocycles. The van der Waals surface area contributed by atoms with Crippen molar-refractivity contribution in [2.75, 3.05) is 0 Å². The molecule has 4 rings (SSSR count). The number of halogens is 4. The fraction of sp³-hybridized carbons (Fsp3) is 0.455. The Balaban J connectivity index is 0.00000108. The Bertz CT molecular complexity index is 441. The van der Waals surface area contributed by atoms with E-state index in [2.05, 4.69) is 0 Å². The molecule has 2 bridgehead atoms. The van der Waals surface area contributed by atoms with Crippen LogP contribution in [0.3, 0.4) is 0 Å². The minimum Gasteiger partial charge on any atom is -0.449 e. The summed E-state index contributed by atoms with van der Waals surface area (Å²) in [6.07, 6.45) is 0.803. The normalized spacial score (nSPS) is 34.4. The molecule has 0 nitrogen and oxygen atoms in total. The molecule has 0 aromatic heterocycles. The molecule has 0 atom stereocenters. The van der Waals surface area contributed by atoms with E-state index in [1.165, 1.54) is 0 Å². The maximum Gasteiger partial charge on any atom is 1.00 e. The average Bonchev–Trinajstić information content (AvgIpc) is 1.95. The second-order valence-corrected chi connectivity index (χ2v) is 5.69. The number of hydrogen-bond donors (Lipinski definition) is 0. The van der Waals surface area contributed by atoms with Gasteiger partial charge in [-0.1, -0.05) is 48.3 Å². The van der Waals surface area contributed by atoms with Crippen LogP contribution in [-0.4, -0.2) is 6.98 Å². The molecule has 3 saturated carbocycles. The molecule has 0 spiro atoms. The van der Waals surface area contributed by atoms with E-state index < -0.39 is 12.3 Å². The van der Waals surface area contributed by atoms with E-state index in [4.69, 9.17) is 11.6 Å². The van der Waals surface area contributed by atoms with Crippen LogP contribution in [0, 0.1) is 0 Å². The van der Waals surface area contributed by atoms with Gasteiger partial charge in [-0.05, 0) is 23.1 Å². The number of benzene rings is 1. The topological polar surface area (TPSA) is 0 Å². The molecular formula is C11H10BClF3K. The Morgan fingerprint density at radius 2 is 1.71 bits per heavy atom. The first-order chi connectivity index (χ1) is 7.37. The van der Waals surface area contributed by atoms with Crippen molar-refractivity contribution in [2.24, 2.45) is 0 Å². The minimum absolute atomic E-state index is 0. The smallest absolute Gasteiger partial charge is 0.449 e. The molecule has 0 heterocycles. The van der Waals surface area contributed by atoms with Crippen molar-refractivity contribution in [1.29, 1.82) is 0 Å². The van der Waals surface area contributed by atoms with Crippen molar-refractivity contribution in [1.82, 2.24) is 0 Å². The average molecular weight is 285 g/mol. The Labute approximate surface area is 146 Å². The molecule has 0 amide bonds. The quantitative estimate of drug-likeness (QED) is 0.720. The zero-order valence-electron chi connectivity index (χ0n) is 9.52. The molecule has 0 unspecified atom stereocenters. The van der Waals surface area contributed by atoms with Gasteiger partial charge in [0.15, 0.2) is 0 Å². The maximum atomic E-state index is 12.7. The van der Waals surface area contributed by atoms with E-state index in [-0.39, 0.29) is 76.1 Å². The van der Waals surface area contributed by atoms with Crippen LogP contribution in [0.1, 0.15) is 24.8 Å². The molecule has 3 fully saturated rings. The van der Waals surface area contributed by atoms with E-state index in [0.29, 0.717) is 5.02 Å². The zero-order valence-corrected chi connectivity index (χ0v) is 13.4. The summed E-state index contributed by atoms with van der Waals surface area (Å²) in [5.41, 5.74) is 0.754. The predicted molar refractivity (Wildman–Crippen MR) is 58.8 cm³/mol. The van der Waals surface area contributed by atoms with Gasteiger partial charge in [0.05, 0.1) is 0 Å². The number of rotatable bonds is 2. The van der Waals surface area contributed by atoms with Crippen LogP contribution in [-0.2, 0) is 5.41 Å². The van der Waals surface area contributed by atoms with Gasteiger partial charge in [-0.25, -0.2) is 0 Å². The number of hydrogen-bond acceptors (Lipinski definition) is 0. The van der Waals surface area contributed by atoms with Crippen molar-refractivity contribution >= 4 is 18.6 Å². The third-order valence-corrected chi connectivity index (χ3v) is 4.44.